The molecule has 4 heteroatoms. The van der Waals surface area contributed by atoms with E-state index in [4.69, 9.17) is 4.74 Å². The highest BCUT2D eigenvalue weighted by atomic mass is 32.1. The van der Waals surface area contributed by atoms with E-state index in [-0.39, 0.29) is 11.6 Å². The molecule has 0 aromatic carbocycles. The number of rotatable bonds is 1. The van der Waals surface area contributed by atoms with Crippen molar-refractivity contribution in [1.29, 1.82) is 0 Å². The third-order valence-electron chi connectivity index (χ3n) is 4.12. The maximum absolute atomic E-state index is 6.20. The van der Waals surface area contributed by atoms with Crippen LogP contribution in [0.2, 0.25) is 0 Å². The molecule has 2 aliphatic rings. The highest BCUT2D eigenvalue weighted by Crippen LogP contribution is 2.51. The standard InChI is InChI=1S/C13H20N2OS/c1-12(2)4-5-13(9-12)11(14-6-7-16-13)10-3-8-17-15-10/h3,8,11,14H,4-7,9H2,1-2H3. The summed E-state index contributed by atoms with van der Waals surface area (Å²) >= 11 is 1.53. The highest BCUT2D eigenvalue weighted by molar-refractivity contribution is 7.03. The first kappa shape index (κ1) is 11.6. The van der Waals surface area contributed by atoms with Crippen LogP contribution in [0.15, 0.2) is 11.4 Å². The molecule has 1 aliphatic carbocycles. The predicted molar refractivity (Wildman–Crippen MR) is 69.2 cm³/mol. The third kappa shape index (κ3) is 2.02. The van der Waals surface area contributed by atoms with Gasteiger partial charge in [0.05, 0.1) is 23.9 Å². The van der Waals surface area contributed by atoms with Crippen molar-refractivity contribution in [1.82, 2.24) is 9.69 Å². The summed E-state index contributed by atoms with van der Waals surface area (Å²) in [5, 5.41) is 5.67. The van der Waals surface area contributed by atoms with Crippen LogP contribution in [0, 0.1) is 5.41 Å². The van der Waals surface area contributed by atoms with Gasteiger partial charge in [-0.05, 0) is 42.3 Å². The normalized spacial score (nSPS) is 36.5. The molecule has 1 N–H and O–H groups in total. The van der Waals surface area contributed by atoms with Crippen molar-refractivity contribution >= 4 is 11.5 Å². The van der Waals surface area contributed by atoms with Gasteiger partial charge in [-0.2, -0.15) is 4.37 Å². The van der Waals surface area contributed by atoms with Gasteiger partial charge < -0.3 is 10.1 Å². The molecule has 17 heavy (non-hydrogen) atoms. The number of morpholine rings is 1. The van der Waals surface area contributed by atoms with E-state index in [1.165, 1.54) is 18.0 Å². The minimum Gasteiger partial charge on any atom is -0.372 e. The summed E-state index contributed by atoms with van der Waals surface area (Å²) in [6, 6.07) is 2.41. The molecule has 94 valence electrons. The lowest BCUT2D eigenvalue weighted by molar-refractivity contribution is -0.0994. The van der Waals surface area contributed by atoms with Crippen LogP contribution in [0.3, 0.4) is 0 Å². The fourth-order valence-corrected chi connectivity index (χ4v) is 3.93. The molecule has 1 saturated heterocycles. The van der Waals surface area contributed by atoms with Crippen molar-refractivity contribution in [2.45, 2.75) is 44.8 Å². The topological polar surface area (TPSA) is 34.1 Å². The molecule has 0 amide bonds. The minimum absolute atomic E-state index is 0.0180. The van der Waals surface area contributed by atoms with Gasteiger partial charge in [0.25, 0.3) is 0 Å². The first-order chi connectivity index (χ1) is 8.11. The number of nitrogens with zero attached hydrogens (tertiary/aromatic N) is 1. The summed E-state index contributed by atoms with van der Waals surface area (Å²) in [6.07, 6.45) is 3.53. The molecule has 2 fully saturated rings. The quantitative estimate of drug-likeness (QED) is 0.834. The Bertz CT molecular complexity index is 390. The SMILES string of the molecule is CC1(C)CCC2(C1)OCCNC2c1ccsn1. The second kappa shape index (κ2) is 4.04. The number of ether oxygens (including phenoxy) is 1. The zero-order valence-electron chi connectivity index (χ0n) is 10.5. The molecule has 1 aliphatic heterocycles. The molecule has 3 nitrogen and oxygen atoms in total. The Morgan fingerprint density at radius 2 is 2.35 bits per heavy atom. The average molecular weight is 252 g/mol. The van der Waals surface area contributed by atoms with Gasteiger partial charge in [0.1, 0.15) is 0 Å². The lowest BCUT2D eigenvalue weighted by atomic mass is 9.83. The van der Waals surface area contributed by atoms with Gasteiger partial charge in [-0.25, -0.2) is 0 Å². The Labute approximate surface area is 107 Å². The molecule has 2 heterocycles. The lowest BCUT2D eigenvalue weighted by Crippen LogP contribution is -2.51. The second-order valence-corrected chi connectivity index (χ2v) is 6.73. The van der Waals surface area contributed by atoms with Gasteiger partial charge in [0.15, 0.2) is 0 Å². The Hall–Kier alpha value is -0.450. The van der Waals surface area contributed by atoms with Crippen molar-refractivity contribution in [2.24, 2.45) is 5.41 Å². The lowest BCUT2D eigenvalue weighted by Gasteiger charge is -2.42. The Morgan fingerprint density at radius 3 is 3.00 bits per heavy atom. The second-order valence-electron chi connectivity index (χ2n) is 6.07. The number of nitrogens with one attached hydrogen (secondary N) is 1. The van der Waals surface area contributed by atoms with Crippen molar-refractivity contribution in [2.75, 3.05) is 13.2 Å². The van der Waals surface area contributed by atoms with Crippen LogP contribution in [0.25, 0.3) is 0 Å². The molecule has 1 aromatic rings. The largest absolute Gasteiger partial charge is 0.372 e. The molecular formula is C13H20N2OS. The average Bonchev–Trinajstić information content (AvgIpc) is 2.88. The van der Waals surface area contributed by atoms with Crippen LogP contribution < -0.4 is 5.32 Å². The maximum atomic E-state index is 6.20. The minimum atomic E-state index is -0.0180. The maximum Gasteiger partial charge on any atom is 0.0898 e. The van der Waals surface area contributed by atoms with Crippen LogP contribution in [-0.2, 0) is 4.74 Å². The van der Waals surface area contributed by atoms with E-state index in [0.717, 1.165) is 31.7 Å². The van der Waals surface area contributed by atoms with Gasteiger partial charge in [-0.3, -0.25) is 0 Å². The van der Waals surface area contributed by atoms with Crippen LogP contribution >= 0.6 is 11.5 Å². The Kier molecular flexibility index (Phi) is 2.76. The van der Waals surface area contributed by atoms with E-state index >= 15 is 0 Å². The Morgan fingerprint density at radius 1 is 1.47 bits per heavy atom. The molecular weight excluding hydrogens is 232 g/mol. The van der Waals surface area contributed by atoms with Crippen LogP contribution in [0.4, 0.5) is 0 Å². The van der Waals surface area contributed by atoms with Gasteiger partial charge >= 0.3 is 0 Å². The van der Waals surface area contributed by atoms with Crippen LogP contribution in [0.5, 0.6) is 0 Å². The van der Waals surface area contributed by atoms with Gasteiger partial charge in [-0.1, -0.05) is 13.8 Å². The Balaban J connectivity index is 1.91. The highest BCUT2D eigenvalue weighted by Gasteiger charge is 2.51. The van der Waals surface area contributed by atoms with Gasteiger partial charge in [0.2, 0.25) is 0 Å². The van der Waals surface area contributed by atoms with E-state index in [0.29, 0.717) is 5.41 Å². The van der Waals surface area contributed by atoms with Crippen LogP contribution in [-0.4, -0.2) is 23.1 Å². The third-order valence-corrected chi connectivity index (χ3v) is 4.70. The summed E-state index contributed by atoms with van der Waals surface area (Å²) in [5.41, 5.74) is 1.54. The first-order valence-electron chi connectivity index (χ1n) is 6.39. The summed E-state index contributed by atoms with van der Waals surface area (Å²) in [4.78, 5) is 0. The zero-order valence-corrected chi connectivity index (χ0v) is 11.3. The number of hydrogen-bond donors (Lipinski definition) is 1. The van der Waals surface area contributed by atoms with Crippen LogP contribution in [0.1, 0.15) is 44.8 Å². The molecule has 1 aromatic heterocycles. The molecule has 0 radical (unpaired) electrons. The summed E-state index contributed by atoms with van der Waals surface area (Å²) < 4.78 is 10.7. The van der Waals surface area contributed by atoms with Gasteiger partial charge in [-0.15, -0.1) is 0 Å². The molecule has 1 spiro atoms. The monoisotopic (exact) mass is 252 g/mol. The predicted octanol–water partition coefficient (Wildman–Crippen LogP) is 2.75. The smallest absolute Gasteiger partial charge is 0.0898 e. The summed E-state index contributed by atoms with van der Waals surface area (Å²) in [7, 11) is 0. The first-order valence-corrected chi connectivity index (χ1v) is 7.23. The molecule has 2 atom stereocenters. The van der Waals surface area contributed by atoms with Crippen molar-refractivity contribution in [3.8, 4) is 0 Å². The molecule has 0 bridgehead atoms. The van der Waals surface area contributed by atoms with Gasteiger partial charge in [0, 0.05) is 11.9 Å². The van der Waals surface area contributed by atoms with E-state index in [1.807, 2.05) is 0 Å². The van der Waals surface area contributed by atoms with E-state index in [2.05, 4.69) is 35.0 Å². The zero-order chi connectivity index (χ0) is 11.9. The number of hydrogen-bond acceptors (Lipinski definition) is 4. The van der Waals surface area contributed by atoms with E-state index < -0.39 is 0 Å². The van der Waals surface area contributed by atoms with Crippen molar-refractivity contribution < 1.29 is 4.74 Å². The number of aromatic nitrogens is 1. The summed E-state index contributed by atoms with van der Waals surface area (Å²) in [6.45, 7) is 6.46. The van der Waals surface area contributed by atoms with E-state index in [9.17, 15) is 0 Å². The summed E-state index contributed by atoms with van der Waals surface area (Å²) in [5.74, 6) is 0. The molecule has 2 unspecified atom stereocenters. The van der Waals surface area contributed by atoms with E-state index in [1.54, 1.807) is 0 Å². The molecule has 1 saturated carbocycles. The fourth-order valence-electron chi connectivity index (χ4n) is 3.38. The fraction of sp³-hybridized carbons (Fsp3) is 0.769. The van der Waals surface area contributed by atoms with Crippen molar-refractivity contribution in [3.05, 3.63) is 17.1 Å². The van der Waals surface area contributed by atoms with Crippen molar-refractivity contribution in [3.63, 3.8) is 0 Å². The molecule has 3 rings (SSSR count).